The van der Waals surface area contributed by atoms with Crippen molar-refractivity contribution in [2.45, 2.75) is 19.5 Å². The molecule has 1 aromatic carbocycles. The third kappa shape index (κ3) is 4.26. The van der Waals surface area contributed by atoms with Gasteiger partial charge in [0.15, 0.2) is 0 Å². The second-order valence-corrected chi connectivity index (χ2v) is 8.88. The average molecular weight is 469 g/mol. The molecule has 2 amide bonds. The smallest absolute Gasteiger partial charge is 0.293 e. The van der Waals surface area contributed by atoms with Crippen molar-refractivity contribution in [1.82, 2.24) is 25.2 Å². The zero-order chi connectivity index (χ0) is 23.8. The molecule has 2 N–H and O–H groups in total. The number of hydrogen-bond donors (Lipinski definition) is 2. The van der Waals surface area contributed by atoms with E-state index in [4.69, 9.17) is 4.84 Å². The average Bonchev–Trinajstić information content (AvgIpc) is 3.35. The van der Waals surface area contributed by atoms with Crippen LogP contribution in [0.5, 0.6) is 0 Å². The van der Waals surface area contributed by atoms with E-state index in [0.717, 1.165) is 42.0 Å². The molecule has 2 aromatic heterocycles. The molecule has 2 fully saturated rings. The highest BCUT2D eigenvalue weighted by Gasteiger charge is 2.38. The Morgan fingerprint density at radius 3 is 2.91 bits per heavy atom. The normalized spacial score (nSPS) is 20.4. The highest BCUT2D eigenvalue weighted by molar-refractivity contribution is 5.96. The van der Waals surface area contributed by atoms with E-state index in [-0.39, 0.29) is 24.1 Å². The van der Waals surface area contributed by atoms with Crippen molar-refractivity contribution in [2.75, 3.05) is 26.7 Å². The number of aromatic nitrogens is 2. The van der Waals surface area contributed by atoms with Crippen LogP contribution in [0.25, 0.3) is 10.9 Å². The minimum absolute atomic E-state index is 0.0138. The second-order valence-electron chi connectivity index (χ2n) is 8.88. The first-order chi connectivity index (χ1) is 16.4. The van der Waals surface area contributed by atoms with Gasteiger partial charge in [-0.1, -0.05) is 6.07 Å². The Kier molecular flexibility index (Phi) is 6.01. The van der Waals surface area contributed by atoms with Crippen molar-refractivity contribution in [3.8, 4) is 0 Å². The summed E-state index contributed by atoms with van der Waals surface area (Å²) in [5.41, 5.74) is 4.46. The van der Waals surface area contributed by atoms with Crippen LogP contribution in [0.4, 0.5) is 8.78 Å². The topological polar surface area (TPSA) is 88.5 Å². The number of carbonyl (C=O) groups is 2. The molecule has 178 valence electrons. The number of carbonyl (C=O) groups excluding carboxylic acids is 2. The van der Waals surface area contributed by atoms with Crippen molar-refractivity contribution in [1.29, 1.82) is 0 Å². The number of nitrogens with one attached hydrogen (secondary N) is 2. The first kappa shape index (κ1) is 22.4. The predicted molar refractivity (Wildman–Crippen MR) is 120 cm³/mol. The lowest BCUT2D eigenvalue weighted by molar-refractivity contribution is -0.124. The molecule has 0 aliphatic carbocycles. The number of nitrogens with zero attached hydrogens (tertiary/aromatic N) is 3. The zero-order valence-corrected chi connectivity index (χ0v) is 18.7. The molecular weight excluding hydrogens is 444 g/mol. The fourth-order valence-electron chi connectivity index (χ4n) is 4.98. The lowest BCUT2D eigenvalue weighted by Gasteiger charge is -2.33. The molecule has 0 spiro atoms. The zero-order valence-electron chi connectivity index (χ0n) is 18.7. The lowest BCUT2D eigenvalue weighted by Crippen LogP contribution is -2.40. The third-order valence-corrected chi connectivity index (χ3v) is 6.74. The van der Waals surface area contributed by atoms with E-state index in [1.807, 2.05) is 10.8 Å². The van der Waals surface area contributed by atoms with E-state index in [0.29, 0.717) is 24.6 Å². The minimum atomic E-state index is -0.630. The largest absolute Gasteiger partial charge is 0.356 e. The maximum absolute atomic E-state index is 14.3. The molecule has 2 aliphatic heterocycles. The molecule has 10 heteroatoms. The summed E-state index contributed by atoms with van der Waals surface area (Å²) >= 11 is 0. The summed E-state index contributed by atoms with van der Waals surface area (Å²) in [6.07, 6.45) is 4.42. The minimum Gasteiger partial charge on any atom is -0.356 e. The molecule has 2 atom stereocenters. The second kappa shape index (κ2) is 9.11. The number of pyridine rings is 1. The molecule has 34 heavy (non-hydrogen) atoms. The van der Waals surface area contributed by atoms with Crippen molar-refractivity contribution < 1.29 is 23.2 Å². The Labute approximate surface area is 194 Å². The molecule has 5 rings (SSSR count). The van der Waals surface area contributed by atoms with Gasteiger partial charge in [-0.25, -0.2) is 19.2 Å². The fraction of sp³-hybridized carbons (Fsp3) is 0.375. The SMILES string of the molecule is CONC(=O)c1cc2c(CN3CCC4CNC(=O)C4C3)cn(Cc3ccc(F)cc3F)c2cn1. The highest BCUT2D eigenvalue weighted by Crippen LogP contribution is 2.30. The van der Waals surface area contributed by atoms with Gasteiger partial charge < -0.3 is 9.88 Å². The van der Waals surface area contributed by atoms with Gasteiger partial charge >= 0.3 is 0 Å². The Bertz CT molecular complexity index is 1260. The predicted octanol–water partition coefficient (Wildman–Crippen LogP) is 2.22. The van der Waals surface area contributed by atoms with Gasteiger partial charge in [-0.2, -0.15) is 0 Å². The van der Waals surface area contributed by atoms with E-state index in [9.17, 15) is 18.4 Å². The maximum Gasteiger partial charge on any atom is 0.293 e. The van der Waals surface area contributed by atoms with Crippen LogP contribution in [-0.2, 0) is 22.7 Å². The number of fused-ring (bicyclic) bond motifs is 2. The molecular formula is C24H25F2N5O3. The van der Waals surface area contributed by atoms with Gasteiger partial charge in [0.05, 0.1) is 31.3 Å². The van der Waals surface area contributed by atoms with Crippen LogP contribution < -0.4 is 10.8 Å². The quantitative estimate of drug-likeness (QED) is 0.541. The summed E-state index contributed by atoms with van der Waals surface area (Å²) < 4.78 is 29.6. The van der Waals surface area contributed by atoms with Gasteiger partial charge in [-0.15, -0.1) is 0 Å². The van der Waals surface area contributed by atoms with Crippen LogP contribution in [0.3, 0.4) is 0 Å². The molecule has 0 bridgehead atoms. The van der Waals surface area contributed by atoms with Gasteiger partial charge in [0.2, 0.25) is 5.91 Å². The lowest BCUT2D eigenvalue weighted by atomic mass is 9.88. The van der Waals surface area contributed by atoms with Gasteiger partial charge in [0.1, 0.15) is 17.3 Å². The molecule has 0 radical (unpaired) electrons. The van der Waals surface area contributed by atoms with Crippen molar-refractivity contribution in [3.05, 3.63) is 65.1 Å². The number of halogens is 2. The van der Waals surface area contributed by atoms with E-state index < -0.39 is 17.5 Å². The van der Waals surface area contributed by atoms with Crippen LogP contribution in [0, 0.1) is 23.5 Å². The molecule has 2 aliphatic rings. The van der Waals surface area contributed by atoms with Crippen molar-refractivity contribution in [3.63, 3.8) is 0 Å². The number of hydroxylamine groups is 1. The molecule has 2 unspecified atom stereocenters. The van der Waals surface area contributed by atoms with Gasteiger partial charge in [0.25, 0.3) is 5.91 Å². The summed E-state index contributed by atoms with van der Waals surface area (Å²) in [4.78, 5) is 35.7. The number of rotatable bonds is 6. The van der Waals surface area contributed by atoms with Gasteiger partial charge in [-0.05, 0) is 36.6 Å². The van der Waals surface area contributed by atoms with Crippen LogP contribution in [0.15, 0.2) is 36.7 Å². The number of hydrogen-bond acceptors (Lipinski definition) is 5. The fourth-order valence-corrected chi connectivity index (χ4v) is 4.98. The number of amides is 2. The van der Waals surface area contributed by atoms with Gasteiger partial charge in [0, 0.05) is 42.8 Å². The maximum atomic E-state index is 14.3. The number of likely N-dealkylation sites (tertiary alicyclic amines) is 1. The Morgan fingerprint density at radius 2 is 2.12 bits per heavy atom. The van der Waals surface area contributed by atoms with Crippen LogP contribution in [0.1, 0.15) is 28.0 Å². The van der Waals surface area contributed by atoms with Gasteiger partial charge in [-0.3, -0.25) is 19.3 Å². The van der Waals surface area contributed by atoms with Crippen molar-refractivity contribution in [2.24, 2.45) is 11.8 Å². The molecule has 0 saturated carbocycles. The number of benzene rings is 1. The molecule has 3 aromatic rings. The molecule has 2 saturated heterocycles. The van der Waals surface area contributed by atoms with E-state index in [1.165, 1.54) is 19.2 Å². The third-order valence-electron chi connectivity index (χ3n) is 6.74. The number of piperidine rings is 1. The van der Waals surface area contributed by atoms with Crippen molar-refractivity contribution >= 4 is 22.7 Å². The first-order valence-electron chi connectivity index (χ1n) is 11.2. The summed E-state index contributed by atoms with van der Waals surface area (Å²) in [6, 6.07) is 5.20. The van der Waals surface area contributed by atoms with Crippen LogP contribution in [-0.4, -0.2) is 53.0 Å². The summed E-state index contributed by atoms with van der Waals surface area (Å²) in [6.45, 7) is 3.02. The summed E-state index contributed by atoms with van der Waals surface area (Å²) in [5.74, 6) is -1.26. The Hall–Kier alpha value is -3.37. The summed E-state index contributed by atoms with van der Waals surface area (Å²) in [7, 11) is 1.35. The van der Waals surface area contributed by atoms with Crippen LogP contribution >= 0.6 is 0 Å². The van der Waals surface area contributed by atoms with E-state index >= 15 is 0 Å². The molecule has 4 heterocycles. The monoisotopic (exact) mass is 469 g/mol. The first-order valence-corrected chi connectivity index (χ1v) is 11.2. The Morgan fingerprint density at radius 1 is 1.26 bits per heavy atom. The molecule has 8 nitrogen and oxygen atoms in total. The van der Waals surface area contributed by atoms with E-state index in [1.54, 1.807) is 12.3 Å². The standard InChI is InChI=1S/C24H25F2N5O3/c1-34-29-24(33)21-7-18-16(10-30-5-4-14-8-28-23(32)19(14)13-30)12-31(22(18)9-27-21)11-15-2-3-17(25)6-20(15)26/h2-3,6-7,9,12,14,19H,4-5,8,10-11,13H2,1H3,(H,28,32)(H,29,33). The highest BCUT2D eigenvalue weighted by atomic mass is 19.1. The van der Waals surface area contributed by atoms with E-state index in [2.05, 4.69) is 20.7 Å². The Balaban J connectivity index is 1.49. The summed E-state index contributed by atoms with van der Waals surface area (Å²) in [5, 5.41) is 3.75. The van der Waals surface area contributed by atoms with Crippen LogP contribution in [0.2, 0.25) is 0 Å².